The van der Waals surface area contributed by atoms with Crippen molar-refractivity contribution in [3.05, 3.63) is 93.7 Å². The first kappa shape index (κ1) is 31.4. The predicted molar refractivity (Wildman–Crippen MR) is 156 cm³/mol. The van der Waals surface area contributed by atoms with Gasteiger partial charge in [-0.15, -0.1) is 0 Å². The maximum atomic E-state index is 13.9. The van der Waals surface area contributed by atoms with Crippen molar-refractivity contribution >= 4 is 50.7 Å². The van der Waals surface area contributed by atoms with Gasteiger partial charge in [-0.05, 0) is 75.2 Å². The summed E-state index contributed by atoms with van der Waals surface area (Å²) in [6.07, 6.45) is 0.681. The number of benzene rings is 3. The monoisotopic (exact) mass is 607 g/mol. The first-order valence-electron chi connectivity index (χ1n) is 12.7. The van der Waals surface area contributed by atoms with Crippen molar-refractivity contribution in [2.45, 2.75) is 57.6 Å². The predicted octanol–water partition coefficient (Wildman–Crippen LogP) is 5.97. The number of nitrogens with one attached hydrogen (secondary N) is 1. The minimum atomic E-state index is -4.29. The van der Waals surface area contributed by atoms with E-state index in [1.54, 1.807) is 19.1 Å². The molecular weight excluding hydrogens is 576 g/mol. The quantitative estimate of drug-likeness (QED) is 0.291. The first-order valence-corrected chi connectivity index (χ1v) is 14.9. The van der Waals surface area contributed by atoms with Crippen molar-refractivity contribution < 1.29 is 22.4 Å². The number of hydrogen-bond donors (Lipinski definition) is 1. The van der Waals surface area contributed by atoms with E-state index < -0.39 is 40.2 Å². The van der Waals surface area contributed by atoms with Crippen molar-refractivity contribution in [1.82, 2.24) is 10.2 Å². The molecule has 0 aliphatic heterocycles. The summed E-state index contributed by atoms with van der Waals surface area (Å²) in [5.74, 6) is -1.52. The van der Waals surface area contributed by atoms with Gasteiger partial charge in [0, 0.05) is 17.6 Å². The Morgan fingerprint density at radius 1 is 0.975 bits per heavy atom. The largest absolute Gasteiger partial charge is 0.352 e. The van der Waals surface area contributed by atoms with Gasteiger partial charge in [0.05, 0.1) is 15.6 Å². The highest BCUT2D eigenvalue weighted by Crippen LogP contribution is 2.33. The van der Waals surface area contributed by atoms with Crippen molar-refractivity contribution in [3.8, 4) is 0 Å². The van der Waals surface area contributed by atoms with Crippen molar-refractivity contribution in [2.24, 2.45) is 0 Å². The molecule has 40 heavy (non-hydrogen) atoms. The number of aryl methyl sites for hydroxylation is 1. The van der Waals surface area contributed by atoms with Crippen LogP contribution in [0.4, 0.5) is 10.1 Å². The number of hydrogen-bond acceptors (Lipinski definition) is 4. The van der Waals surface area contributed by atoms with Gasteiger partial charge < -0.3 is 10.2 Å². The fourth-order valence-corrected chi connectivity index (χ4v) is 5.72. The van der Waals surface area contributed by atoms with Crippen LogP contribution in [0.1, 0.15) is 38.3 Å². The molecule has 0 spiro atoms. The third kappa shape index (κ3) is 7.74. The fraction of sp³-hybridized carbons (Fsp3) is 0.310. The van der Waals surface area contributed by atoms with Gasteiger partial charge in [0.25, 0.3) is 10.0 Å². The Morgan fingerprint density at radius 3 is 2.20 bits per heavy atom. The molecule has 0 heterocycles. The second-order valence-corrected chi connectivity index (χ2v) is 12.3. The SMILES string of the molecule is CC[C@H](C)NC(=O)[C@@H](C)N(Cc1ccc(F)cc1)C(=O)CN(c1cc(Cl)ccc1Cl)S(=O)(=O)c1ccc(C)cc1. The van der Waals surface area contributed by atoms with Gasteiger partial charge in [-0.3, -0.25) is 13.9 Å². The maximum Gasteiger partial charge on any atom is 0.264 e. The number of carbonyl (C=O) groups excluding carboxylic acids is 2. The van der Waals surface area contributed by atoms with E-state index in [-0.39, 0.29) is 33.2 Å². The summed E-state index contributed by atoms with van der Waals surface area (Å²) in [7, 11) is -4.29. The molecule has 0 aromatic heterocycles. The molecule has 3 rings (SSSR count). The number of rotatable bonds is 11. The fourth-order valence-electron chi connectivity index (χ4n) is 3.86. The van der Waals surface area contributed by atoms with Crippen LogP contribution < -0.4 is 9.62 Å². The molecule has 0 saturated carbocycles. The van der Waals surface area contributed by atoms with Crippen LogP contribution in [0.5, 0.6) is 0 Å². The summed E-state index contributed by atoms with van der Waals surface area (Å²) in [4.78, 5) is 28.2. The minimum absolute atomic E-state index is 0.0153. The minimum Gasteiger partial charge on any atom is -0.352 e. The number of nitrogens with zero attached hydrogens (tertiary/aromatic N) is 2. The Balaban J connectivity index is 2.06. The lowest BCUT2D eigenvalue weighted by Crippen LogP contribution is -2.52. The Hall–Kier alpha value is -3.14. The highest BCUT2D eigenvalue weighted by atomic mass is 35.5. The standard InChI is InChI=1S/C29H32Cl2FN3O4S/c1-5-20(3)33-29(37)21(4)34(17-22-8-11-24(32)12-9-22)28(36)18-35(27-16-23(30)10-15-26(27)31)40(38,39)25-13-6-19(2)7-14-25/h6-16,20-21H,5,17-18H2,1-4H3,(H,33,37)/t20-,21+/m0/s1. The zero-order chi connectivity index (χ0) is 29.6. The average Bonchev–Trinajstić information content (AvgIpc) is 2.92. The Labute approximate surface area is 244 Å². The zero-order valence-electron chi connectivity index (χ0n) is 22.7. The van der Waals surface area contributed by atoms with Gasteiger partial charge in [-0.1, -0.05) is 60.0 Å². The molecule has 0 bridgehead atoms. The van der Waals surface area contributed by atoms with E-state index in [0.29, 0.717) is 12.0 Å². The average molecular weight is 609 g/mol. The molecule has 7 nitrogen and oxygen atoms in total. The number of anilines is 1. The molecule has 0 unspecified atom stereocenters. The second-order valence-electron chi connectivity index (χ2n) is 9.56. The molecule has 11 heteroatoms. The maximum absolute atomic E-state index is 13.9. The van der Waals surface area contributed by atoms with Crippen molar-refractivity contribution in [3.63, 3.8) is 0 Å². The molecular formula is C29H32Cl2FN3O4S. The van der Waals surface area contributed by atoms with Crippen molar-refractivity contribution in [1.29, 1.82) is 0 Å². The zero-order valence-corrected chi connectivity index (χ0v) is 25.0. The third-order valence-corrected chi connectivity index (χ3v) is 8.83. The van der Waals surface area contributed by atoms with Crippen LogP contribution in [-0.4, -0.2) is 43.8 Å². The van der Waals surface area contributed by atoms with Crippen LogP contribution in [-0.2, 0) is 26.2 Å². The summed E-state index contributed by atoms with van der Waals surface area (Å²) >= 11 is 12.6. The van der Waals surface area contributed by atoms with Crippen LogP contribution in [0.3, 0.4) is 0 Å². The lowest BCUT2D eigenvalue weighted by molar-refractivity contribution is -0.139. The molecule has 3 aromatic carbocycles. The molecule has 0 aliphatic rings. The Bertz CT molecular complexity index is 1450. The second kappa shape index (κ2) is 13.5. The first-order chi connectivity index (χ1) is 18.8. The van der Waals surface area contributed by atoms with E-state index in [1.807, 2.05) is 20.8 Å². The van der Waals surface area contributed by atoms with Gasteiger partial charge in [0.15, 0.2) is 0 Å². The van der Waals surface area contributed by atoms with Gasteiger partial charge in [-0.25, -0.2) is 12.8 Å². The summed E-state index contributed by atoms with van der Waals surface area (Å²) in [6, 6.07) is 14.9. The third-order valence-electron chi connectivity index (χ3n) is 6.50. The van der Waals surface area contributed by atoms with Crippen molar-refractivity contribution in [2.75, 3.05) is 10.8 Å². The lowest BCUT2D eigenvalue weighted by Gasteiger charge is -2.32. The van der Waals surface area contributed by atoms with E-state index in [1.165, 1.54) is 59.5 Å². The van der Waals surface area contributed by atoms with Gasteiger partial charge >= 0.3 is 0 Å². The number of amides is 2. The smallest absolute Gasteiger partial charge is 0.264 e. The lowest BCUT2D eigenvalue weighted by atomic mass is 10.1. The molecule has 2 amide bonds. The summed E-state index contributed by atoms with van der Waals surface area (Å²) < 4.78 is 42.2. The van der Waals surface area contributed by atoms with E-state index >= 15 is 0 Å². The molecule has 0 saturated heterocycles. The van der Waals surface area contributed by atoms with E-state index in [9.17, 15) is 22.4 Å². The van der Waals surface area contributed by atoms with Gasteiger partial charge in [0.2, 0.25) is 11.8 Å². The Morgan fingerprint density at radius 2 is 1.60 bits per heavy atom. The molecule has 0 fully saturated rings. The highest BCUT2D eigenvalue weighted by molar-refractivity contribution is 7.92. The van der Waals surface area contributed by atoms with Crippen LogP contribution >= 0.6 is 23.2 Å². The topological polar surface area (TPSA) is 86.8 Å². The summed E-state index contributed by atoms with van der Waals surface area (Å²) in [6.45, 7) is 6.41. The van der Waals surface area contributed by atoms with Gasteiger partial charge in [0.1, 0.15) is 18.4 Å². The van der Waals surface area contributed by atoms with Crippen LogP contribution in [0.25, 0.3) is 0 Å². The summed E-state index contributed by atoms with van der Waals surface area (Å²) in [5.41, 5.74) is 1.43. The molecule has 0 radical (unpaired) electrons. The normalized spacial score (nSPS) is 12.9. The molecule has 214 valence electrons. The van der Waals surface area contributed by atoms with E-state index in [0.717, 1.165) is 9.87 Å². The van der Waals surface area contributed by atoms with E-state index in [4.69, 9.17) is 23.2 Å². The highest BCUT2D eigenvalue weighted by Gasteiger charge is 2.33. The van der Waals surface area contributed by atoms with Crippen LogP contribution in [0, 0.1) is 12.7 Å². The van der Waals surface area contributed by atoms with Crippen LogP contribution in [0.2, 0.25) is 10.0 Å². The molecule has 2 atom stereocenters. The number of carbonyl (C=O) groups is 2. The molecule has 1 N–H and O–H groups in total. The summed E-state index contributed by atoms with van der Waals surface area (Å²) in [5, 5.41) is 3.15. The number of halogens is 3. The van der Waals surface area contributed by atoms with E-state index in [2.05, 4.69) is 5.32 Å². The Kier molecular flexibility index (Phi) is 10.6. The molecule has 3 aromatic rings. The van der Waals surface area contributed by atoms with Crippen LogP contribution in [0.15, 0.2) is 71.6 Å². The van der Waals surface area contributed by atoms with Gasteiger partial charge in [-0.2, -0.15) is 0 Å². The molecule has 0 aliphatic carbocycles. The number of sulfonamides is 1.